The topological polar surface area (TPSA) is 55.8 Å². The summed E-state index contributed by atoms with van der Waals surface area (Å²) in [5.74, 6) is 1.17. The second-order valence-corrected chi connectivity index (χ2v) is 7.77. The van der Waals surface area contributed by atoms with E-state index >= 15 is 0 Å². The molecule has 2 aromatic carbocycles. The lowest BCUT2D eigenvalue weighted by atomic mass is 10.2. The van der Waals surface area contributed by atoms with Gasteiger partial charge in [0, 0.05) is 23.5 Å². The first-order valence-electron chi connectivity index (χ1n) is 8.04. The molecule has 2 aromatic rings. The molecule has 0 spiro atoms. The Morgan fingerprint density at radius 2 is 1.69 bits per heavy atom. The number of methoxy groups -OCH3 is 2. The van der Waals surface area contributed by atoms with Gasteiger partial charge in [0.15, 0.2) is 11.5 Å². The van der Waals surface area contributed by atoms with E-state index in [9.17, 15) is 8.42 Å². The summed E-state index contributed by atoms with van der Waals surface area (Å²) in [6.45, 7) is 2.39. The van der Waals surface area contributed by atoms with Gasteiger partial charge in [0.2, 0.25) is 10.0 Å². The lowest BCUT2D eigenvalue weighted by molar-refractivity contribution is 0.353. The van der Waals surface area contributed by atoms with Crippen molar-refractivity contribution in [3.8, 4) is 11.5 Å². The fraction of sp³-hybridized carbons (Fsp3) is 0.263. The molecule has 0 aromatic heterocycles. The molecule has 2 rings (SSSR count). The Hall–Kier alpha value is -2.02. The first-order valence-corrected chi connectivity index (χ1v) is 9.92. The third kappa shape index (κ3) is 5.24. The average Bonchev–Trinajstić information content (AvgIpc) is 2.65. The molecule has 0 saturated carbocycles. The summed E-state index contributed by atoms with van der Waals surface area (Å²) in [5, 5.41) is 1.81. The number of hydrogen-bond donors (Lipinski definition) is 0. The van der Waals surface area contributed by atoms with Crippen LogP contribution >= 0.6 is 11.6 Å². The molecule has 26 heavy (non-hydrogen) atoms. The average molecular weight is 396 g/mol. The Morgan fingerprint density at radius 1 is 1.04 bits per heavy atom. The minimum Gasteiger partial charge on any atom is -0.493 e. The van der Waals surface area contributed by atoms with Gasteiger partial charge in [-0.3, -0.25) is 0 Å². The highest BCUT2D eigenvalue weighted by Gasteiger charge is 2.18. The van der Waals surface area contributed by atoms with E-state index in [1.54, 1.807) is 63.6 Å². The lowest BCUT2D eigenvalue weighted by Gasteiger charge is -2.19. The Labute approximate surface area is 159 Å². The van der Waals surface area contributed by atoms with Crippen LogP contribution in [0.5, 0.6) is 11.5 Å². The highest BCUT2D eigenvalue weighted by molar-refractivity contribution is 7.92. The van der Waals surface area contributed by atoms with E-state index in [4.69, 9.17) is 21.1 Å². The summed E-state index contributed by atoms with van der Waals surface area (Å²) in [6, 6.07) is 12.3. The fourth-order valence-corrected chi connectivity index (χ4v) is 3.70. The highest BCUT2D eigenvalue weighted by atomic mass is 35.5. The van der Waals surface area contributed by atoms with Crippen molar-refractivity contribution in [1.29, 1.82) is 0 Å². The van der Waals surface area contributed by atoms with Gasteiger partial charge in [0.1, 0.15) is 0 Å². The maximum absolute atomic E-state index is 12.6. The summed E-state index contributed by atoms with van der Waals surface area (Å²) in [4.78, 5) is 0. The van der Waals surface area contributed by atoms with E-state index in [0.29, 0.717) is 23.1 Å². The van der Waals surface area contributed by atoms with Gasteiger partial charge in [-0.2, -0.15) is 4.31 Å². The molecule has 0 bridgehead atoms. The summed E-state index contributed by atoms with van der Waals surface area (Å²) >= 11 is 5.84. The van der Waals surface area contributed by atoms with Crippen molar-refractivity contribution in [2.24, 2.45) is 0 Å². The van der Waals surface area contributed by atoms with E-state index in [-0.39, 0.29) is 6.54 Å². The molecule has 0 aliphatic heterocycles. The molecule has 5 nitrogen and oxygen atoms in total. The Morgan fingerprint density at radius 3 is 2.27 bits per heavy atom. The smallest absolute Gasteiger partial charge is 0.236 e. The maximum atomic E-state index is 12.6. The molecule has 0 fully saturated rings. The van der Waals surface area contributed by atoms with Crippen molar-refractivity contribution >= 4 is 27.7 Å². The van der Waals surface area contributed by atoms with Crippen LogP contribution in [-0.2, 0) is 16.6 Å². The third-order valence-electron chi connectivity index (χ3n) is 3.82. The van der Waals surface area contributed by atoms with E-state index in [1.165, 1.54) is 9.71 Å². The number of halogens is 1. The monoisotopic (exact) mass is 395 g/mol. The van der Waals surface area contributed by atoms with Crippen LogP contribution < -0.4 is 9.47 Å². The fourth-order valence-electron chi connectivity index (χ4n) is 2.39. The number of hydrogen-bond acceptors (Lipinski definition) is 4. The lowest BCUT2D eigenvalue weighted by Crippen LogP contribution is -2.28. The maximum Gasteiger partial charge on any atom is 0.236 e. The summed E-state index contributed by atoms with van der Waals surface area (Å²) in [5.41, 5.74) is 1.58. The zero-order valence-corrected chi connectivity index (χ0v) is 16.5. The summed E-state index contributed by atoms with van der Waals surface area (Å²) < 4.78 is 37.2. The number of benzene rings is 2. The number of rotatable bonds is 8. The van der Waals surface area contributed by atoms with Crippen molar-refractivity contribution in [2.75, 3.05) is 20.8 Å². The first-order chi connectivity index (χ1) is 12.4. The molecular formula is C19H22ClNO4S. The molecule has 0 N–H and O–H groups in total. The van der Waals surface area contributed by atoms with Crippen LogP contribution in [0.1, 0.15) is 18.1 Å². The zero-order valence-electron chi connectivity index (χ0n) is 15.0. The van der Waals surface area contributed by atoms with Gasteiger partial charge in [0.05, 0.1) is 14.2 Å². The summed E-state index contributed by atoms with van der Waals surface area (Å²) in [7, 11) is -0.463. The number of sulfonamides is 1. The molecular weight excluding hydrogens is 374 g/mol. The van der Waals surface area contributed by atoms with Gasteiger partial charge in [-0.15, -0.1) is 0 Å². The van der Waals surface area contributed by atoms with Gasteiger partial charge in [-0.25, -0.2) is 8.42 Å². The second kappa shape index (κ2) is 9.07. The van der Waals surface area contributed by atoms with Crippen molar-refractivity contribution < 1.29 is 17.9 Å². The Kier molecular flexibility index (Phi) is 7.08. The van der Waals surface area contributed by atoms with E-state index in [0.717, 1.165) is 11.1 Å². The van der Waals surface area contributed by atoms with Crippen LogP contribution in [0, 0.1) is 0 Å². The molecule has 7 heteroatoms. The van der Waals surface area contributed by atoms with Crippen molar-refractivity contribution in [1.82, 2.24) is 4.31 Å². The van der Waals surface area contributed by atoms with E-state index in [2.05, 4.69) is 0 Å². The zero-order chi connectivity index (χ0) is 19.2. The predicted molar refractivity (Wildman–Crippen MR) is 105 cm³/mol. The largest absolute Gasteiger partial charge is 0.493 e. The van der Waals surface area contributed by atoms with Gasteiger partial charge in [-0.05, 0) is 41.5 Å². The first kappa shape index (κ1) is 20.3. The van der Waals surface area contributed by atoms with E-state index < -0.39 is 10.0 Å². The normalized spacial score (nSPS) is 11.9. The molecule has 140 valence electrons. The van der Waals surface area contributed by atoms with Crippen molar-refractivity contribution in [2.45, 2.75) is 13.5 Å². The molecule has 0 aliphatic rings. The van der Waals surface area contributed by atoms with Crippen LogP contribution in [0.3, 0.4) is 0 Å². The Bertz CT molecular complexity index is 864. The molecule has 0 unspecified atom stereocenters. The number of nitrogens with zero attached hydrogens (tertiary/aromatic N) is 1. The minimum absolute atomic E-state index is 0.240. The molecule has 0 saturated heterocycles. The van der Waals surface area contributed by atoms with Crippen molar-refractivity contribution in [3.63, 3.8) is 0 Å². The Balaban J connectivity index is 2.19. The predicted octanol–water partition coefficient (Wildman–Crippen LogP) is 4.18. The van der Waals surface area contributed by atoms with Crippen LogP contribution in [-0.4, -0.2) is 33.5 Å². The second-order valence-electron chi connectivity index (χ2n) is 5.51. The number of ether oxygens (including phenoxy) is 2. The SMILES string of the molecule is CCN(Cc1ccc(OC)c(OC)c1)S(=O)(=O)/C=C/c1ccc(Cl)cc1. The van der Waals surface area contributed by atoms with Crippen LogP contribution in [0.25, 0.3) is 6.08 Å². The standard InChI is InChI=1S/C19H22ClNO4S/c1-4-21(14-16-7-10-18(24-2)19(13-16)25-3)26(22,23)12-11-15-5-8-17(20)9-6-15/h5-13H,4,14H2,1-3H3/b12-11+. The molecule has 0 aliphatic carbocycles. The van der Waals surface area contributed by atoms with Crippen LogP contribution in [0.15, 0.2) is 47.9 Å². The summed E-state index contributed by atoms with van der Waals surface area (Å²) in [6.07, 6.45) is 1.56. The van der Waals surface area contributed by atoms with Gasteiger partial charge in [-0.1, -0.05) is 36.7 Å². The van der Waals surface area contributed by atoms with Gasteiger partial charge < -0.3 is 9.47 Å². The molecule has 0 amide bonds. The van der Waals surface area contributed by atoms with E-state index in [1.807, 2.05) is 6.07 Å². The van der Waals surface area contributed by atoms with Gasteiger partial charge in [0.25, 0.3) is 0 Å². The highest BCUT2D eigenvalue weighted by Crippen LogP contribution is 2.28. The third-order valence-corrected chi connectivity index (χ3v) is 5.66. The van der Waals surface area contributed by atoms with Crippen molar-refractivity contribution in [3.05, 3.63) is 64.0 Å². The molecule has 0 radical (unpaired) electrons. The molecule has 0 atom stereocenters. The molecule has 0 heterocycles. The quantitative estimate of drug-likeness (QED) is 0.672. The minimum atomic E-state index is -3.57. The van der Waals surface area contributed by atoms with Crippen LogP contribution in [0.2, 0.25) is 5.02 Å². The van der Waals surface area contributed by atoms with Crippen LogP contribution in [0.4, 0.5) is 0 Å². The van der Waals surface area contributed by atoms with Gasteiger partial charge >= 0.3 is 0 Å².